The van der Waals surface area contributed by atoms with Crippen LogP contribution in [0.4, 0.5) is 0 Å². The van der Waals surface area contributed by atoms with Crippen LogP contribution in [0.1, 0.15) is 12.8 Å². The third kappa shape index (κ3) is 4.03. The van der Waals surface area contributed by atoms with Crippen molar-refractivity contribution in [3.63, 3.8) is 0 Å². The first kappa shape index (κ1) is 11.8. The predicted molar refractivity (Wildman–Crippen MR) is 63.5 cm³/mol. The fourth-order valence-electron chi connectivity index (χ4n) is 1.69. The van der Waals surface area contributed by atoms with Crippen LogP contribution in [-0.2, 0) is 11.3 Å². The monoisotopic (exact) mass is 238 g/mol. The normalized spacial score (nSPS) is 20.7. The maximum absolute atomic E-state index is 5.73. The maximum Gasteiger partial charge on any atom is 0.188 e. The van der Waals surface area contributed by atoms with Gasteiger partial charge in [0, 0.05) is 13.2 Å². The van der Waals surface area contributed by atoms with Crippen LogP contribution in [0.5, 0.6) is 0 Å². The lowest BCUT2D eigenvalue weighted by atomic mass is 10.2. The van der Waals surface area contributed by atoms with E-state index in [-0.39, 0.29) is 6.10 Å². The average Bonchev–Trinajstić information content (AvgIpc) is 2.99. The zero-order chi connectivity index (χ0) is 11.9. The first-order valence-electron chi connectivity index (χ1n) is 5.82. The van der Waals surface area contributed by atoms with Crippen molar-refractivity contribution in [3.8, 4) is 0 Å². The summed E-state index contributed by atoms with van der Waals surface area (Å²) in [4.78, 5) is 8.09. The van der Waals surface area contributed by atoms with Crippen molar-refractivity contribution in [2.75, 3.05) is 19.7 Å². The molecule has 1 atom stereocenters. The van der Waals surface area contributed by atoms with Crippen molar-refractivity contribution >= 4 is 5.96 Å². The quantitative estimate of drug-likeness (QED) is 0.526. The topological polar surface area (TPSA) is 90.3 Å². The Hall–Kier alpha value is -1.63. The van der Waals surface area contributed by atoms with E-state index in [1.807, 2.05) is 0 Å². The Morgan fingerprint density at radius 3 is 3.29 bits per heavy atom. The number of nitrogens with zero attached hydrogens (tertiary/aromatic N) is 4. The summed E-state index contributed by atoms with van der Waals surface area (Å²) >= 11 is 0. The van der Waals surface area contributed by atoms with Crippen molar-refractivity contribution in [2.24, 2.45) is 10.7 Å². The lowest BCUT2D eigenvalue weighted by Gasteiger charge is -2.08. The van der Waals surface area contributed by atoms with E-state index in [9.17, 15) is 0 Å². The molecular formula is C10H18N6O. The van der Waals surface area contributed by atoms with E-state index < -0.39 is 0 Å². The van der Waals surface area contributed by atoms with Gasteiger partial charge in [-0.1, -0.05) is 0 Å². The number of aromatic nitrogens is 3. The molecule has 7 heteroatoms. The molecule has 1 saturated heterocycles. The van der Waals surface area contributed by atoms with Crippen LogP contribution >= 0.6 is 0 Å². The van der Waals surface area contributed by atoms with E-state index in [4.69, 9.17) is 10.5 Å². The van der Waals surface area contributed by atoms with Crippen LogP contribution in [0.15, 0.2) is 17.6 Å². The van der Waals surface area contributed by atoms with Crippen molar-refractivity contribution in [3.05, 3.63) is 12.7 Å². The first-order chi connectivity index (χ1) is 8.34. The predicted octanol–water partition coefficient (Wildman–Crippen LogP) is -0.639. The minimum Gasteiger partial charge on any atom is -0.376 e. The zero-order valence-corrected chi connectivity index (χ0v) is 9.75. The summed E-state index contributed by atoms with van der Waals surface area (Å²) < 4.78 is 7.19. The molecule has 1 aliphatic heterocycles. The van der Waals surface area contributed by atoms with E-state index in [1.54, 1.807) is 11.0 Å². The Morgan fingerprint density at radius 2 is 2.59 bits per heavy atom. The number of rotatable bonds is 5. The summed E-state index contributed by atoms with van der Waals surface area (Å²) in [6.07, 6.45) is 5.62. The zero-order valence-electron chi connectivity index (χ0n) is 9.75. The van der Waals surface area contributed by atoms with Crippen molar-refractivity contribution < 1.29 is 4.74 Å². The third-order valence-electron chi connectivity index (χ3n) is 2.60. The Balaban J connectivity index is 1.62. The lowest BCUT2D eigenvalue weighted by molar-refractivity contribution is 0.118. The highest BCUT2D eigenvalue weighted by Crippen LogP contribution is 2.11. The summed E-state index contributed by atoms with van der Waals surface area (Å²) in [5.74, 6) is 0.459. The maximum atomic E-state index is 5.73. The van der Waals surface area contributed by atoms with Gasteiger partial charge in [0.25, 0.3) is 0 Å². The van der Waals surface area contributed by atoms with E-state index in [0.29, 0.717) is 19.0 Å². The van der Waals surface area contributed by atoms with Crippen molar-refractivity contribution in [1.82, 2.24) is 20.1 Å². The minimum atomic E-state index is 0.241. The summed E-state index contributed by atoms with van der Waals surface area (Å²) in [5.41, 5.74) is 5.73. The molecule has 0 saturated carbocycles. The molecule has 1 aliphatic rings. The Labute approximate surface area is 100 Å². The van der Waals surface area contributed by atoms with Crippen molar-refractivity contribution in [1.29, 1.82) is 0 Å². The van der Waals surface area contributed by atoms with Crippen LogP contribution < -0.4 is 11.1 Å². The number of nitrogens with one attached hydrogen (secondary N) is 1. The molecule has 0 amide bonds. The lowest BCUT2D eigenvalue weighted by Crippen LogP contribution is -2.35. The number of aliphatic imine (C=N–C) groups is 1. The molecule has 2 heterocycles. The molecule has 1 unspecified atom stereocenters. The van der Waals surface area contributed by atoms with E-state index >= 15 is 0 Å². The van der Waals surface area contributed by atoms with Gasteiger partial charge in [-0.2, -0.15) is 5.10 Å². The molecule has 0 aliphatic carbocycles. The summed E-state index contributed by atoms with van der Waals surface area (Å²) in [7, 11) is 0. The summed E-state index contributed by atoms with van der Waals surface area (Å²) in [6, 6.07) is 0. The number of ether oxygens (including phenoxy) is 1. The van der Waals surface area contributed by atoms with Crippen LogP contribution in [0.3, 0.4) is 0 Å². The van der Waals surface area contributed by atoms with Gasteiger partial charge >= 0.3 is 0 Å². The molecule has 0 bridgehead atoms. The van der Waals surface area contributed by atoms with E-state index in [0.717, 1.165) is 26.0 Å². The summed E-state index contributed by atoms with van der Waals surface area (Å²) in [5, 5.41) is 7.02. The number of hydrogen-bond donors (Lipinski definition) is 2. The van der Waals surface area contributed by atoms with Gasteiger partial charge < -0.3 is 15.8 Å². The van der Waals surface area contributed by atoms with Crippen LogP contribution in [0.25, 0.3) is 0 Å². The fourth-order valence-corrected chi connectivity index (χ4v) is 1.69. The Kier molecular flexibility index (Phi) is 4.31. The highest BCUT2D eigenvalue weighted by molar-refractivity contribution is 5.77. The van der Waals surface area contributed by atoms with Gasteiger partial charge in [0.05, 0.1) is 19.2 Å². The molecule has 1 aromatic rings. The Morgan fingerprint density at radius 1 is 1.65 bits per heavy atom. The SMILES string of the molecule is NC(=NCC1CCCO1)NCCn1cncn1. The second-order valence-corrected chi connectivity index (χ2v) is 3.95. The highest BCUT2D eigenvalue weighted by Gasteiger charge is 2.14. The molecule has 1 fully saturated rings. The molecule has 17 heavy (non-hydrogen) atoms. The molecule has 0 aromatic carbocycles. The number of nitrogens with two attached hydrogens (primary N) is 1. The second-order valence-electron chi connectivity index (χ2n) is 3.95. The van der Waals surface area contributed by atoms with Gasteiger partial charge in [-0.3, -0.25) is 9.67 Å². The second kappa shape index (κ2) is 6.19. The van der Waals surface area contributed by atoms with Gasteiger partial charge in [0.1, 0.15) is 12.7 Å². The molecular weight excluding hydrogens is 220 g/mol. The number of guanidine groups is 1. The van der Waals surface area contributed by atoms with Gasteiger partial charge in [0.2, 0.25) is 0 Å². The molecule has 2 rings (SSSR count). The van der Waals surface area contributed by atoms with E-state index in [2.05, 4.69) is 20.4 Å². The van der Waals surface area contributed by atoms with Gasteiger partial charge in [0.15, 0.2) is 5.96 Å². The molecule has 7 nitrogen and oxygen atoms in total. The average molecular weight is 238 g/mol. The highest BCUT2D eigenvalue weighted by atomic mass is 16.5. The Bertz CT molecular complexity index is 344. The third-order valence-corrected chi connectivity index (χ3v) is 2.60. The van der Waals surface area contributed by atoms with Crippen molar-refractivity contribution in [2.45, 2.75) is 25.5 Å². The molecule has 0 radical (unpaired) electrons. The fraction of sp³-hybridized carbons (Fsp3) is 0.700. The number of hydrogen-bond acceptors (Lipinski definition) is 4. The molecule has 0 spiro atoms. The van der Waals surface area contributed by atoms with Gasteiger partial charge in [-0.05, 0) is 12.8 Å². The molecule has 94 valence electrons. The van der Waals surface area contributed by atoms with Gasteiger partial charge in [-0.15, -0.1) is 0 Å². The van der Waals surface area contributed by atoms with E-state index in [1.165, 1.54) is 6.33 Å². The standard InChI is InChI=1S/C10H18N6O/c11-10(14-6-9-2-1-5-17-9)13-3-4-16-8-12-7-15-16/h7-9H,1-6H2,(H3,11,13,14). The minimum absolute atomic E-state index is 0.241. The van der Waals surface area contributed by atoms with Crippen LogP contribution in [-0.4, -0.2) is 46.5 Å². The largest absolute Gasteiger partial charge is 0.376 e. The molecule has 3 N–H and O–H groups in total. The first-order valence-corrected chi connectivity index (χ1v) is 5.82. The van der Waals surface area contributed by atoms with Gasteiger partial charge in [-0.25, -0.2) is 4.98 Å². The van der Waals surface area contributed by atoms with Crippen LogP contribution in [0, 0.1) is 0 Å². The molecule has 1 aromatic heterocycles. The smallest absolute Gasteiger partial charge is 0.188 e. The van der Waals surface area contributed by atoms with Crippen LogP contribution in [0.2, 0.25) is 0 Å². The summed E-state index contributed by atoms with van der Waals surface area (Å²) in [6.45, 7) is 2.89.